The number of aliphatic hydroxyl groups is 3. The van der Waals surface area contributed by atoms with Gasteiger partial charge in [-0.2, -0.15) is 0 Å². The molecule has 0 saturated heterocycles. The number of nitrogen functional groups attached to an aromatic ring is 1. The Morgan fingerprint density at radius 2 is 2.00 bits per heavy atom. The van der Waals surface area contributed by atoms with Crippen LogP contribution in [0.2, 0.25) is 0 Å². The van der Waals surface area contributed by atoms with E-state index in [0.717, 1.165) is 4.47 Å². The first-order valence-corrected chi connectivity index (χ1v) is 4.87. The molecule has 1 aromatic carbocycles. The average molecular weight is 262 g/mol. The topological polar surface area (TPSA) is 86.7 Å². The van der Waals surface area contributed by atoms with E-state index in [1.54, 1.807) is 18.2 Å². The summed E-state index contributed by atoms with van der Waals surface area (Å²) in [6.45, 7) is -0.503. The number of aliphatic hydroxyl groups excluding tert-OH is 3. The molecule has 0 bridgehead atoms. The van der Waals surface area contributed by atoms with Crippen LogP contribution >= 0.6 is 15.9 Å². The molecule has 0 aliphatic heterocycles. The molecule has 78 valence electrons. The van der Waals surface area contributed by atoms with Gasteiger partial charge in [-0.25, -0.2) is 0 Å². The minimum atomic E-state index is -1.21. The Morgan fingerprint density at radius 3 is 2.50 bits per heavy atom. The van der Waals surface area contributed by atoms with Crippen molar-refractivity contribution in [2.24, 2.45) is 0 Å². The summed E-state index contributed by atoms with van der Waals surface area (Å²) in [5, 5.41) is 27.4. The van der Waals surface area contributed by atoms with E-state index in [9.17, 15) is 10.2 Å². The number of benzene rings is 1. The lowest BCUT2D eigenvalue weighted by Gasteiger charge is -2.17. The standard InChI is InChI=1S/C9H12BrNO3/c10-5-1-2-6(7(11)3-5)9(14)8(13)4-12/h1-3,8-9,12-14H,4,11H2. The maximum atomic E-state index is 9.56. The van der Waals surface area contributed by atoms with Crippen LogP contribution < -0.4 is 5.73 Å². The van der Waals surface area contributed by atoms with Crippen molar-refractivity contribution in [2.45, 2.75) is 12.2 Å². The van der Waals surface area contributed by atoms with Gasteiger partial charge in [0.15, 0.2) is 0 Å². The van der Waals surface area contributed by atoms with Crippen molar-refractivity contribution in [1.29, 1.82) is 0 Å². The smallest absolute Gasteiger partial charge is 0.109 e. The van der Waals surface area contributed by atoms with Crippen LogP contribution in [0.5, 0.6) is 0 Å². The summed E-state index contributed by atoms with van der Waals surface area (Å²) in [4.78, 5) is 0. The van der Waals surface area contributed by atoms with Crippen LogP contribution in [-0.2, 0) is 0 Å². The van der Waals surface area contributed by atoms with E-state index in [-0.39, 0.29) is 0 Å². The molecule has 0 saturated carbocycles. The Bertz CT molecular complexity index is 319. The molecule has 5 N–H and O–H groups in total. The van der Waals surface area contributed by atoms with Gasteiger partial charge >= 0.3 is 0 Å². The van der Waals surface area contributed by atoms with Gasteiger partial charge in [0, 0.05) is 15.7 Å². The van der Waals surface area contributed by atoms with Crippen molar-refractivity contribution in [1.82, 2.24) is 0 Å². The van der Waals surface area contributed by atoms with E-state index < -0.39 is 18.8 Å². The van der Waals surface area contributed by atoms with Crippen molar-refractivity contribution >= 4 is 21.6 Å². The van der Waals surface area contributed by atoms with Crippen molar-refractivity contribution in [3.05, 3.63) is 28.2 Å². The highest BCUT2D eigenvalue weighted by atomic mass is 79.9. The highest BCUT2D eigenvalue weighted by molar-refractivity contribution is 9.10. The molecule has 0 heterocycles. The minimum absolute atomic E-state index is 0.374. The van der Waals surface area contributed by atoms with Gasteiger partial charge in [0.2, 0.25) is 0 Å². The first-order valence-electron chi connectivity index (χ1n) is 4.08. The summed E-state index contributed by atoms with van der Waals surface area (Å²) in [6.07, 6.45) is -2.37. The Balaban J connectivity index is 2.95. The summed E-state index contributed by atoms with van der Waals surface area (Å²) in [5.41, 5.74) is 6.42. The molecule has 0 fully saturated rings. The zero-order valence-corrected chi connectivity index (χ0v) is 8.98. The monoisotopic (exact) mass is 261 g/mol. The molecule has 0 radical (unpaired) electrons. The maximum absolute atomic E-state index is 9.56. The van der Waals surface area contributed by atoms with Gasteiger partial charge in [0.05, 0.1) is 6.61 Å². The number of halogens is 1. The van der Waals surface area contributed by atoms with E-state index in [1.165, 1.54) is 0 Å². The van der Waals surface area contributed by atoms with Crippen molar-refractivity contribution in [3.63, 3.8) is 0 Å². The fourth-order valence-electron chi connectivity index (χ4n) is 1.12. The quantitative estimate of drug-likeness (QED) is 0.594. The predicted molar refractivity (Wildman–Crippen MR) is 56.6 cm³/mol. The molecule has 1 aromatic rings. The molecule has 2 atom stereocenters. The van der Waals surface area contributed by atoms with Crippen LogP contribution in [0.25, 0.3) is 0 Å². The molecule has 0 spiro atoms. The fourth-order valence-corrected chi connectivity index (χ4v) is 1.50. The van der Waals surface area contributed by atoms with E-state index in [4.69, 9.17) is 10.8 Å². The molecule has 0 aliphatic rings. The highest BCUT2D eigenvalue weighted by Gasteiger charge is 2.19. The normalized spacial score (nSPS) is 15.1. The zero-order valence-electron chi connectivity index (χ0n) is 7.39. The number of anilines is 1. The van der Waals surface area contributed by atoms with Crippen LogP contribution in [0.3, 0.4) is 0 Å². The second-order valence-corrected chi connectivity index (χ2v) is 3.88. The number of hydrogen-bond acceptors (Lipinski definition) is 4. The van der Waals surface area contributed by atoms with Gasteiger partial charge in [-0.1, -0.05) is 22.0 Å². The maximum Gasteiger partial charge on any atom is 0.109 e. The van der Waals surface area contributed by atoms with Gasteiger partial charge in [-0.3, -0.25) is 0 Å². The molecule has 2 unspecified atom stereocenters. The second-order valence-electron chi connectivity index (χ2n) is 2.97. The second kappa shape index (κ2) is 4.75. The molecule has 0 aliphatic carbocycles. The van der Waals surface area contributed by atoms with E-state index in [1.807, 2.05) is 0 Å². The Kier molecular flexibility index (Phi) is 3.88. The van der Waals surface area contributed by atoms with Crippen molar-refractivity contribution in [3.8, 4) is 0 Å². The van der Waals surface area contributed by atoms with Crippen LogP contribution in [-0.4, -0.2) is 28.0 Å². The summed E-state index contributed by atoms with van der Waals surface area (Å²) in [7, 11) is 0. The molecule has 0 amide bonds. The number of rotatable bonds is 3. The highest BCUT2D eigenvalue weighted by Crippen LogP contribution is 2.26. The summed E-state index contributed by atoms with van der Waals surface area (Å²) in [5.74, 6) is 0. The summed E-state index contributed by atoms with van der Waals surface area (Å²) < 4.78 is 0.796. The molecule has 1 rings (SSSR count). The largest absolute Gasteiger partial charge is 0.398 e. The summed E-state index contributed by atoms with van der Waals surface area (Å²) >= 11 is 3.23. The van der Waals surface area contributed by atoms with Gasteiger partial charge < -0.3 is 21.1 Å². The van der Waals surface area contributed by atoms with E-state index in [0.29, 0.717) is 11.3 Å². The zero-order chi connectivity index (χ0) is 10.7. The molecule has 0 aromatic heterocycles. The molecular weight excluding hydrogens is 250 g/mol. The first-order chi connectivity index (χ1) is 6.56. The van der Waals surface area contributed by atoms with Gasteiger partial charge in [0.1, 0.15) is 12.2 Å². The van der Waals surface area contributed by atoms with Crippen LogP contribution in [0, 0.1) is 0 Å². The fraction of sp³-hybridized carbons (Fsp3) is 0.333. The summed E-state index contributed by atoms with van der Waals surface area (Å²) in [6, 6.07) is 4.94. The third kappa shape index (κ3) is 2.45. The lowest BCUT2D eigenvalue weighted by atomic mass is 10.0. The van der Waals surface area contributed by atoms with E-state index >= 15 is 0 Å². The van der Waals surface area contributed by atoms with Gasteiger partial charge in [0.25, 0.3) is 0 Å². The molecule has 14 heavy (non-hydrogen) atoms. The Morgan fingerprint density at radius 1 is 1.36 bits per heavy atom. The van der Waals surface area contributed by atoms with Crippen LogP contribution in [0.15, 0.2) is 22.7 Å². The van der Waals surface area contributed by atoms with Crippen molar-refractivity contribution in [2.75, 3.05) is 12.3 Å². The van der Waals surface area contributed by atoms with E-state index in [2.05, 4.69) is 15.9 Å². The lowest BCUT2D eigenvalue weighted by Crippen LogP contribution is -2.22. The lowest BCUT2D eigenvalue weighted by molar-refractivity contribution is -0.0149. The SMILES string of the molecule is Nc1cc(Br)ccc1C(O)C(O)CO. The molecule has 5 heteroatoms. The third-order valence-electron chi connectivity index (χ3n) is 1.92. The first kappa shape index (κ1) is 11.5. The third-order valence-corrected chi connectivity index (χ3v) is 2.41. The Labute approximate surface area is 90.1 Å². The van der Waals surface area contributed by atoms with Crippen LogP contribution in [0.4, 0.5) is 5.69 Å². The number of nitrogens with two attached hydrogens (primary N) is 1. The predicted octanol–water partition coefficient (Wildman–Crippen LogP) is 0.418. The van der Waals surface area contributed by atoms with Gasteiger partial charge in [-0.05, 0) is 12.1 Å². The molecular formula is C9H12BrNO3. The molecule has 4 nitrogen and oxygen atoms in total. The van der Waals surface area contributed by atoms with Gasteiger partial charge in [-0.15, -0.1) is 0 Å². The van der Waals surface area contributed by atoms with Crippen molar-refractivity contribution < 1.29 is 15.3 Å². The Hall–Kier alpha value is -0.620. The average Bonchev–Trinajstić information content (AvgIpc) is 2.15. The minimum Gasteiger partial charge on any atom is -0.398 e. The number of hydrogen-bond donors (Lipinski definition) is 4. The van der Waals surface area contributed by atoms with Crippen LogP contribution in [0.1, 0.15) is 11.7 Å².